The molecular weight excluding hydrogens is 223 g/mol. The second kappa shape index (κ2) is 12.6. The molecule has 0 heterocycles. The number of hydrogen-bond donors (Lipinski definition) is 0. The van der Waals surface area contributed by atoms with Crippen LogP contribution in [0.15, 0.2) is 0 Å². The second-order valence-corrected chi connectivity index (χ2v) is 5.19. The molecular formula is C12H25O3P. The zero-order chi connectivity index (χ0) is 13.0. The number of hydrogen-bond acceptors (Lipinski definition) is 3. The molecule has 1 unspecified atom stereocenters. The van der Waals surface area contributed by atoms with Crippen molar-refractivity contribution in [2.75, 3.05) is 18.9 Å². The molecule has 3 nitrogen and oxygen atoms in total. The van der Waals surface area contributed by atoms with Crippen LogP contribution >= 0.6 is 8.58 Å². The minimum absolute atomic E-state index is 0.119. The van der Waals surface area contributed by atoms with Gasteiger partial charge < -0.3 is 4.74 Å². The number of ether oxygens (including phenoxy) is 1. The third-order valence-corrected chi connectivity index (χ3v) is 2.97. The number of esters is 1. The van der Waals surface area contributed by atoms with Gasteiger partial charge >= 0.3 is 5.97 Å². The van der Waals surface area contributed by atoms with E-state index >= 15 is 0 Å². The first kappa shape index (κ1) is 17.9. The fourth-order valence-corrected chi connectivity index (χ4v) is 1.61. The third-order valence-electron chi connectivity index (χ3n) is 1.97. The Hall–Kier alpha value is -0.430. The molecule has 96 valence electrons. The van der Waals surface area contributed by atoms with Crippen molar-refractivity contribution >= 4 is 20.3 Å². The molecule has 0 saturated heterocycles. The maximum Gasteiger partial charge on any atom is 0.316 e. The lowest BCUT2D eigenvalue weighted by Gasteiger charge is -2.08. The lowest BCUT2D eigenvalue weighted by Crippen LogP contribution is -2.23. The van der Waals surface area contributed by atoms with Crippen LogP contribution in [0.1, 0.15) is 41.0 Å². The van der Waals surface area contributed by atoms with Crippen LogP contribution in [0.2, 0.25) is 0 Å². The molecule has 0 aromatic rings. The van der Waals surface area contributed by atoms with Crippen molar-refractivity contribution in [3.05, 3.63) is 0 Å². The van der Waals surface area contributed by atoms with Crippen LogP contribution in [-0.2, 0) is 14.3 Å². The van der Waals surface area contributed by atoms with E-state index < -0.39 is 11.9 Å². The molecule has 1 atom stereocenters. The molecule has 0 N–H and O–H groups in total. The van der Waals surface area contributed by atoms with Crippen LogP contribution in [0.3, 0.4) is 0 Å². The zero-order valence-corrected chi connectivity index (χ0v) is 12.1. The Morgan fingerprint density at radius 2 is 1.62 bits per heavy atom. The molecule has 0 aliphatic rings. The summed E-state index contributed by atoms with van der Waals surface area (Å²) in [5, 5.41) is 0. The Morgan fingerprint density at radius 1 is 1.12 bits per heavy atom. The van der Waals surface area contributed by atoms with Gasteiger partial charge in [0.1, 0.15) is 11.7 Å². The van der Waals surface area contributed by atoms with E-state index in [4.69, 9.17) is 4.74 Å². The van der Waals surface area contributed by atoms with Crippen LogP contribution < -0.4 is 0 Å². The molecule has 0 aliphatic heterocycles. The molecule has 0 bridgehead atoms. The summed E-state index contributed by atoms with van der Waals surface area (Å²) in [6.45, 7) is 9.71. The van der Waals surface area contributed by atoms with Crippen molar-refractivity contribution in [2.24, 2.45) is 5.92 Å². The SMILES string of the molecule is CCOC(=O)C(CC)C(C)=O.CCPCC. The van der Waals surface area contributed by atoms with Crippen molar-refractivity contribution in [1.82, 2.24) is 0 Å². The highest BCUT2D eigenvalue weighted by Crippen LogP contribution is 2.06. The van der Waals surface area contributed by atoms with Crippen molar-refractivity contribution < 1.29 is 14.3 Å². The van der Waals surface area contributed by atoms with Crippen LogP contribution in [0, 0.1) is 5.92 Å². The van der Waals surface area contributed by atoms with Gasteiger partial charge in [0.05, 0.1) is 6.61 Å². The summed E-state index contributed by atoms with van der Waals surface area (Å²) in [7, 11) is 1.20. The number of Topliss-reactive ketones (excluding diaryl/α,β-unsaturated/α-hetero) is 1. The van der Waals surface area contributed by atoms with E-state index in [1.54, 1.807) is 13.8 Å². The van der Waals surface area contributed by atoms with E-state index in [1.807, 2.05) is 0 Å². The molecule has 0 fully saturated rings. The van der Waals surface area contributed by atoms with Gasteiger partial charge in [-0.1, -0.05) is 20.8 Å². The molecule has 0 amide bonds. The third kappa shape index (κ3) is 10.1. The Morgan fingerprint density at radius 3 is 1.81 bits per heavy atom. The van der Waals surface area contributed by atoms with Crippen LogP contribution in [0.4, 0.5) is 0 Å². The van der Waals surface area contributed by atoms with Gasteiger partial charge in [-0.2, -0.15) is 0 Å². The van der Waals surface area contributed by atoms with E-state index in [9.17, 15) is 9.59 Å². The largest absolute Gasteiger partial charge is 0.465 e. The maximum absolute atomic E-state index is 11.0. The fraction of sp³-hybridized carbons (Fsp3) is 0.833. The van der Waals surface area contributed by atoms with E-state index in [1.165, 1.54) is 27.8 Å². The van der Waals surface area contributed by atoms with Crippen molar-refractivity contribution in [1.29, 1.82) is 0 Å². The maximum atomic E-state index is 11.0. The molecule has 0 saturated carbocycles. The highest BCUT2D eigenvalue weighted by Gasteiger charge is 2.21. The van der Waals surface area contributed by atoms with Crippen LogP contribution in [-0.4, -0.2) is 30.7 Å². The molecule has 0 spiro atoms. The van der Waals surface area contributed by atoms with Crippen molar-refractivity contribution in [3.8, 4) is 0 Å². The van der Waals surface area contributed by atoms with Gasteiger partial charge in [-0.15, -0.1) is 8.58 Å². The summed E-state index contributed by atoms with van der Waals surface area (Å²) in [4.78, 5) is 21.8. The predicted octanol–water partition coefficient (Wildman–Crippen LogP) is 2.87. The predicted molar refractivity (Wildman–Crippen MR) is 70.5 cm³/mol. The molecule has 4 heteroatoms. The van der Waals surface area contributed by atoms with E-state index in [-0.39, 0.29) is 5.78 Å². The average Bonchev–Trinajstić information content (AvgIpc) is 2.20. The first-order valence-corrected chi connectivity index (χ1v) is 7.34. The first-order chi connectivity index (χ1) is 7.54. The Labute approximate surface area is 101 Å². The zero-order valence-electron chi connectivity index (χ0n) is 11.1. The van der Waals surface area contributed by atoms with Crippen LogP contribution in [0.25, 0.3) is 0 Å². The summed E-state index contributed by atoms with van der Waals surface area (Å²) in [5.74, 6) is -1.08. The molecule has 0 aromatic heterocycles. The topological polar surface area (TPSA) is 43.4 Å². The fourth-order valence-electron chi connectivity index (χ4n) is 1.11. The van der Waals surface area contributed by atoms with Crippen LogP contribution in [0.5, 0.6) is 0 Å². The van der Waals surface area contributed by atoms with E-state index in [2.05, 4.69) is 13.8 Å². The van der Waals surface area contributed by atoms with Gasteiger partial charge in [0, 0.05) is 0 Å². The average molecular weight is 248 g/mol. The Bertz CT molecular complexity index is 191. The highest BCUT2D eigenvalue weighted by atomic mass is 31.1. The summed E-state index contributed by atoms with van der Waals surface area (Å²) in [6.07, 6.45) is 3.27. The summed E-state index contributed by atoms with van der Waals surface area (Å²) < 4.78 is 4.70. The van der Waals surface area contributed by atoms with Gasteiger partial charge in [0.15, 0.2) is 0 Å². The van der Waals surface area contributed by atoms with Gasteiger partial charge in [0.25, 0.3) is 0 Å². The monoisotopic (exact) mass is 248 g/mol. The summed E-state index contributed by atoms with van der Waals surface area (Å²) >= 11 is 0. The quantitative estimate of drug-likeness (QED) is 0.412. The van der Waals surface area contributed by atoms with E-state index in [0.29, 0.717) is 13.0 Å². The standard InChI is InChI=1S/C8H14O3.C4H11P/c1-4-7(6(3)9)8(10)11-5-2;1-3-5-4-2/h7H,4-5H2,1-3H3;5H,3-4H2,1-2H3. The number of rotatable bonds is 6. The number of carbonyl (C=O) groups is 2. The Balaban J connectivity index is 0. The van der Waals surface area contributed by atoms with Gasteiger partial charge in [0.2, 0.25) is 0 Å². The van der Waals surface area contributed by atoms with Gasteiger partial charge in [-0.25, -0.2) is 0 Å². The van der Waals surface area contributed by atoms with Gasteiger partial charge in [-0.3, -0.25) is 9.59 Å². The first-order valence-electron chi connectivity index (χ1n) is 5.92. The lowest BCUT2D eigenvalue weighted by atomic mass is 10.0. The van der Waals surface area contributed by atoms with Crippen molar-refractivity contribution in [3.63, 3.8) is 0 Å². The minimum Gasteiger partial charge on any atom is -0.465 e. The summed E-state index contributed by atoms with van der Waals surface area (Å²) in [5.41, 5.74) is 0. The second-order valence-electron chi connectivity index (χ2n) is 3.28. The smallest absolute Gasteiger partial charge is 0.316 e. The molecule has 0 radical (unpaired) electrons. The summed E-state index contributed by atoms with van der Waals surface area (Å²) in [6, 6.07) is 0. The van der Waals surface area contributed by atoms with Crippen molar-refractivity contribution in [2.45, 2.75) is 41.0 Å². The number of ketones is 1. The van der Waals surface area contributed by atoms with Gasteiger partial charge in [-0.05, 0) is 32.6 Å². The lowest BCUT2D eigenvalue weighted by molar-refractivity contribution is -0.151. The normalized spacial score (nSPS) is 11.1. The molecule has 0 aromatic carbocycles. The number of carbonyl (C=O) groups excluding carboxylic acids is 2. The van der Waals surface area contributed by atoms with E-state index in [0.717, 1.165) is 0 Å². The highest BCUT2D eigenvalue weighted by molar-refractivity contribution is 7.37. The minimum atomic E-state index is -0.560. The molecule has 16 heavy (non-hydrogen) atoms. The molecule has 0 rings (SSSR count). The Kier molecular flexibility index (Phi) is 14.2. The molecule has 0 aliphatic carbocycles.